The van der Waals surface area contributed by atoms with E-state index in [-0.39, 0.29) is 11.4 Å². The molecule has 0 radical (unpaired) electrons. The number of hydrogen-bond donors (Lipinski definition) is 1. The molecule has 2 rings (SSSR count). The molecule has 0 unspecified atom stereocenters. The molecule has 1 aliphatic heterocycles. The largest absolute Gasteiger partial charge is 0.341 e. The average Bonchev–Trinajstić information content (AvgIpc) is 2.76. The highest BCUT2D eigenvalue weighted by atomic mass is 32.1. The number of piperidine rings is 1. The van der Waals surface area contributed by atoms with Crippen molar-refractivity contribution in [3.63, 3.8) is 0 Å². The van der Waals surface area contributed by atoms with E-state index in [4.69, 9.17) is 0 Å². The Morgan fingerprint density at radius 2 is 1.91 bits per heavy atom. The van der Waals surface area contributed by atoms with Crippen LogP contribution in [0.5, 0.6) is 0 Å². The van der Waals surface area contributed by atoms with Crippen LogP contribution < -0.4 is 5.32 Å². The Balaban J connectivity index is 1.95. The molecular weight excluding hydrogens is 294 g/mol. The highest BCUT2D eigenvalue weighted by Crippen LogP contribution is 2.27. The molecule has 1 aliphatic rings. The predicted octanol–water partition coefficient (Wildman–Crippen LogP) is 3.09. The fourth-order valence-electron chi connectivity index (χ4n) is 3.09. The van der Waals surface area contributed by atoms with E-state index in [1.165, 1.54) is 11.3 Å². The summed E-state index contributed by atoms with van der Waals surface area (Å²) >= 11 is 1.71. The number of amides is 1. The molecule has 1 aromatic heterocycles. The molecule has 4 nitrogen and oxygen atoms in total. The van der Waals surface area contributed by atoms with Gasteiger partial charge in [0.25, 0.3) is 0 Å². The second-order valence-electron chi connectivity index (χ2n) is 7.38. The van der Waals surface area contributed by atoms with Crippen molar-refractivity contribution in [2.24, 2.45) is 11.8 Å². The van der Waals surface area contributed by atoms with Gasteiger partial charge in [0, 0.05) is 18.0 Å². The van der Waals surface area contributed by atoms with Crippen molar-refractivity contribution < 1.29 is 4.79 Å². The van der Waals surface area contributed by atoms with Gasteiger partial charge in [-0.3, -0.25) is 10.1 Å². The van der Waals surface area contributed by atoms with Crippen molar-refractivity contribution >= 4 is 17.2 Å². The normalized spacial score (nSPS) is 22.9. The summed E-state index contributed by atoms with van der Waals surface area (Å²) in [6.45, 7) is 14.9. The minimum atomic E-state index is -0.271. The summed E-state index contributed by atoms with van der Waals surface area (Å²) in [5, 5.41) is 4.45. The molecule has 124 valence electrons. The summed E-state index contributed by atoms with van der Waals surface area (Å²) in [4.78, 5) is 20.4. The Labute approximate surface area is 138 Å². The van der Waals surface area contributed by atoms with E-state index in [0.29, 0.717) is 18.4 Å². The van der Waals surface area contributed by atoms with Gasteiger partial charge in [0.05, 0.1) is 17.8 Å². The lowest BCUT2D eigenvalue weighted by atomic mass is 9.92. The van der Waals surface area contributed by atoms with Gasteiger partial charge in [0.2, 0.25) is 5.91 Å². The van der Waals surface area contributed by atoms with Crippen LogP contribution >= 0.6 is 11.3 Å². The van der Waals surface area contributed by atoms with Gasteiger partial charge in [-0.25, -0.2) is 4.98 Å². The average molecular weight is 324 g/mol. The van der Waals surface area contributed by atoms with Crippen LogP contribution in [0.1, 0.15) is 49.7 Å². The zero-order valence-electron chi connectivity index (χ0n) is 14.7. The van der Waals surface area contributed by atoms with Crippen LogP contribution in [0, 0.1) is 25.7 Å². The Hall–Kier alpha value is -0.940. The Bertz CT molecular complexity index is 509. The molecule has 5 heteroatoms. The van der Waals surface area contributed by atoms with Gasteiger partial charge in [-0.2, -0.15) is 0 Å². The number of aromatic nitrogens is 1. The van der Waals surface area contributed by atoms with Crippen LogP contribution in [0.15, 0.2) is 0 Å². The van der Waals surface area contributed by atoms with E-state index < -0.39 is 0 Å². The number of likely N-dealkylation sites (tertiary alicyclic amines) is 1. The number of thiazole rings is 1. The second kappa shape index (κ2) is 6.67. The van der Waals surface area contributed by atoms with Crippen molar-refractivity contribution in [3.05, 3.63) is 15.6 Å². The molecule has 1 amide bonds. The standard InChI is InChI=1S/C17H29N3OS/c1-11-7-12(2)10-20(9-11)15(21)8-18-17(5,6)16-19-13(3)14(4)22-16/h11-12,18H,7-10H2,1-6H3/t11-,12-/m1/s1. The molecule has 0 spiro atoms. The third-order valence-electron chi connectivity index (χ3n) is 4.47. The molecule has 0 saturated carbocycles. The molecule has 1 saturated heterocycles. The minimum absolute atomic E-state index is 0.205. The molecule has 0 bridgehead atoms. The summed E-state index contributed by atoms with van der Waals surface area (Å²) in [7, 11) is 0. The van der Waals surface area contributed by atoms with E-state index >= 15 is 0 Å². The van der Waals surface area contributed by atoms with E-state index in [1.54, 1.807) is 11.3 Å². The van der Waals surface area contributed by atoms with Crippen molar-refractivity contribution in [3.8, 4) is 0 Å². The first-order valence-electron chi connectivity index (χ1n) is 8.16. The molecule has 0 aliphatic carbocycles. The summed E-state index contributed by atoms with van der Waals surface area (Å²) in [6.07, 6.45) is 1.22. The lowest BCUT2D eigenvalue weighted by Crippen LogP contribution is -2.49. The smallest absolute Gasteiger partial charge is 0.236 e. The summed E-state index contributed by atoms with van der Waals surface area (Å²) in [5.41, 5.74) is 0.812. The fraction of sp³-hybridized carbons (Fsp3) is 0.765. The summed E-state index contributed by atoms with van der Waals surface area (Å²) < 4.78 is 0. The van der Waals surface area contributed by atoms with Gasteiger partial charge < -0.3 is 4.90 Å². The van der Waals surface area contributed by atoms with E-state index in [2.05, 4.69) is 44.9 Å². The van der Waals surface area contributed by atoms with Gasteiger partial charge in [-0.05, 0) is 46.0 Å². The Morgan fingerprint density at radius 1 is 1.32 bits per heavy atom. The maximum atomic E-state index is 12.5. The minimum Gasteiger partial charge on any atom is -0.341 e. The van der Waals surface area contributed by atoms with Crippen LogP contribution in [0.25, 0.3) is 0 Å². The zero-order chi connectivity index (χ0) is 16.5. The monoisotopic (exact) mass is 323 g/mol. The van der Waals surface area contributed by atoms with E-state index in [1.807, 2.05) is 11.8 Å². The van der Waals surface area contributed by atoms with E-state index in [0.717, 1.165) is 23.8 Å². The van der Waals surface area contributed by atoms with Gasteiger partial charge in [-0.1, -0.05) is 13.8 Å². The highest BCUT2D eigenvalue weighted by molar-refractivity contribution is 7.11. The lowest BCUT2D eigenvalue weighted by Gasteiger charge is -2.36. The van der Waals surface area contributed by atoms with Crippen molar-refractivity contribution in [1.29, 1.82) is 0 Å². The van der Waals surface area contributed by atoms with Crippen LogP contribution in [-0.2, 0) is 10.3 Å². The quantitative estimate of drug-likeness (QED) is 0.926. The number of aryl methyl sites for hydroxylation is 2. The molecular formula is C17H29N3OS. The lowest BCUT2D eigenvalue weighted by molar-refractivity contribution is -0.133. The topological polar surface area (TPSA) is 45.2 Å². The van der Waals surface area contributed by atoms with Gasteiger partial charge in [0.15, 0.2) is 0 Å². The van der Waals surface area contributed by atoms with Gasteiger partial charge >= 0.3 is 0 Å². The molecule has 1 fully saturated rings. The number of nitrogens with zero attached hydrogens (tertiary/aromatic N) is 2. The Kier molecular flexibility index (Phi) is 5.28. The van der Waals surface area contributed by atoms with Crippen LogP contribution in [0.4, 0.5) is 0 Å². The second-order valence-corrected chi connectivity index (χ2v) is 8.59. The maximum absolute atomic E-state index is 12.5. The maximum Gasteiger partial charge on any atom is 0.236 e. The highest BCUT2D eigenvalue weighted by Gasteiger charge is 2.29. The molecule has 1 N–H and O–H groups in total. The molecule has 0 aromatic carbocycles. The Morgan fingerprint density at radius 3 is 2.41 bits per heavy atom. The summed E-state index contributed by atoms with van der Waals surface area (Å²) in [6, 6.07) is 0. The first kappa shape index (κ1) is 17.4. The number of carbonyl (C=O) groups is 1. The third-order valence-corrected chi connectivity index (χ3v) is 5.86. The molecule has 22 heavy (non-hydrogen) atoms. The van der Waals surface area contributed by atoms with Gasteiger partial charge in [-0.15, -0.1) is 11.3 Å². The third kappa shape index (κ3) is 4.07. The SMILES string of the molecule is Cc1nc(C(C)(C)NCC(=O)N2C[C@H](C)C[C@@H](C)C2)sc1C. The first-order valence-corrected chi connectivity index (χ1v) is 8.98. The number of nitrogens with one attached hydrogen (secondary N) is 1. The van der Waals surface area contributed by atoms with Crippen LogP contribution in [0.2, 0.25) is 0 Å². The zero-order valence-corrected chi connectivity index (χ0v) is 15.5. The number of carbonyl (C=O) groups excluding carboxylic acids is 1. The fourth-order valence-corrected chi connectivity index (χ4v) is 4.08. The van der Waals surface area contributed by atoms with Crippen molar-refractivity contribution in [2.75, 3.05) is 19.6 Å². The van der Waals surface area contributed by atoms with Gasteiger partial charge in [0.1, 0.15) is 5.01 Å². The van der Waals surface area contributed by atoms with Crippen LogP contribution in [-0.4, -0.2) is 35.4 Å². The molecule has 2 heterocycles. The summed E-state index contributed by atoms with van der Waals surface area (Å²) in [5.74, 6) is 1.41. The van der Waals surface area contributed by atoms with E-state index in [9.17, 15) is 4.79 Å². The molecule has 2 atom stereocenters. The first-order chi connectivity index (χ1) is 10.2. The van der Waals surface area contributed by atoms with Crippen molar-refractivity contribution in [1.82, 2.24) is 15.2 Å². The molecule has 1 aromatic rings. The van der Waals surface area contributed by atoms with Crippen LogP contribution in [0.3, 0.4) is 0 Å². The number of hydrogen-bond acceptors (Lipinski definition) is 4. The predicted molar refractivity (Wildman–Crippen MR) is 92.1 cm³/mol. The number of rotatable bonds is 4. The van der Waals surface area contributed by atoms with Crippen molar-refractivity contribution in [2.45, 2.75) is 53.5 Å².